The average molecular weight is 304 g/mol. The number of hydrogen-bond donors (Lipinski definition) is 2. The molecule has 6 heteroatoms. The SMILES string of the molecule is O=[N+]([O-])c1cccc(N2CCC(NC3CCNCC3)CC2)c1. The number of benzene rings is 1. The third kappa shape index (κ3) is 3.75. The molecule has 0 amide bonds. The van der Waals surface area contributed by atoms with E-state index in [0.29, 0.717) is 12.1 Å². The van der Waals surface area contributed by atoms with Crippen LogP contribution in [0, 0.1) is 10.1 Å². The summed E-state index contributed by atoms with van der Waals surface area (Å²) in [6.07, 6.45) is 4.63. The first kappa shape index (κ1) is 15.2. The molecule has 1 aromatic rings. The van der Waals surface area contributed by atoms with Gasteiger partial charge in [0.2, 0.25) is 0 Å². The van der Waals surface area contributed by atoms with Gasteiger partial charge in [-0.1, -0.05) is 6.07 Å². The summed E-state index contributed by atoms with van der Waals surface area (Å²) < 4.78 is 0. The van der Waals surface area contributed by atoms with Crippen LogP contribution >= 0.6 is 0 Å². The van der Waals surface area contributed by atoms with Crippen LogP contribution in [0.3, 0.4) is 0 Å². The van der Waals surface area contributed by atoms with Crippen LogP contribution in [0.1, 0.15) is 25.7 Å². The van der Waals surface area contributed by atoms with E-state index in [1.807, 2.05) is 6.07 Å². The van der Waals surface area contributed by atoms with Crippen LogP contribution in [-0.4, -0.2) is 43.2 Å². The molecule has 0 saturated carbocycles. The summed E-state index contributed by atoms with van der Waals surface area (Å²) in [6.45, 7) is 4.15. The zero-order valence-corrected chi connectivity index (χ0v) is 12.8. The van der Waals surface area contributed by atoms with Crippen LogP contribution in [-0.2, 0) is 0 Å². The highest BCUT2D eigenvalue weighted by Gasteiger charge is 2.23. The molecular weight excluding hydrogens is 280 g/mol. The van der Waals surface area contributed by atoms with E-state index in [2.05, 4.69) is 15.5 Å². The number of nitrogens with zero attached hydrogens (tertiary/aromatic N) is 2. The second-order valence-corrected chi connectivity index (χ2v) is 6.23. The lowest BCUT2D eigenvalue weighted by molar-refractivity contribution is -0.384. The standard InChI is InChI=1S/C16H24N4O2/c21-20(22)16-3-1-2-15(12-16)19-10-6-14(7-11-19)18-13-4-8-17-9-5-13/h1-3,12-14,17-18H,4-11H2. The van der Waals surface area contributed by atoms with Gasteiger partial charge in [-0.3, -0.25) is 10.1 Å². The molecule has 0 radical (unpaired) electrons. The molecule has 0 aliphatic carbocycles. The predicted molar refractivity (Wildman–Crippen MR) is 87.4 cm³/mol. The highest BCUT2D eigenvalue weighted by atomic mass is 16.6. The molecule has 2 aliphatic heterocycles. The number of nitro benzene ring substituents is 1. The lowest BCUT2D eigenvalue weighted by Gasteiger charge is -2.36. The topological polar surface area (TPSA) is 70.4 Å². The summed E-state index contributed by atoms with van der Waals surface area (Å²) in [4.78, 5) is 12.8. The van der Waals surface area contributed by atoms with Crippen molar-refractivity contribution in [2.45, 2.75) is 37.8 Å². The van der Waals surface area contributed by atoms with Gasteiger partial charge < -0.3 is 15.5 Å². The lowest BCUT2D eigenvalue weighted by Crippen LogP contribution is -2.49. The van der Waals surface area contributed by atoms with Crippen LogP contribution in [0.25, 0.3) is 0 Å². The summed E-state index contributed by atoms with van der Waals surface area (Å²) in [6, 6.07) is 8.20. The molecule has 2 aliphatic rings. The summed E-state index contributed by atoms with van der Waals surface area (Å²) in [5, 5.41) is 18.1. The first-order valence-corrected chi connectivity index (χ1v) is 8.18. The first-order chi connectivity index (χ1) is 10.7. The van der Waals surface area contributed by atoms with Crippen molar-refractivity contribution in [3.8, 4) is 0 Å². The Morgan fingerprint density at radius 2 is 1.82 bits per heavy atom. The van der Waals surface area contributed by atoms with E-state index in [4.69, 9.17) is 0 Å². The molecule has 6 nitrogen and oxygen atoms in total. The van der Waals surface area contributed by atoms with Crippen molar-refractivity contribution in [2.75, 3.05) is 31.1 Å². The van der Waals surface area contributed by atoms with Crippen molar-refractivity contribution < 1.29 is 4.92 Å². The van der Waals surface area contributed by atoms with Crippen LogP contribution in [0.15, 0.2) is 24.3 Å². The largest absolute Gasteiger partial charge is 0.371 e. The lowest BCUT2D eigenvalue weighted by atomic mass is 10.00. The van der Waals surface area contributed by atoms with Crippen molar-refractivity contribution >= 4 is 11.4 Å². The third-order valence-corrected chi connectivity index (χ3v) is 4.71. The van der Waals surface area contributed by atoms with E-state index in [9.17, 15) is 10.1 Å². The van der Waals surface area contributed by atoms with Crippen molar-refractivity contribution in [3.63, 3.8) is 0 Å². The monoisotopic (exact) mass is 304 g/mol. The molecule has 3 rings (SSSR count). The Kier molecular flexibility index (Phi) is 4.90. The number of nitro groups is 1. The van der Waals surface area contributed by atoms with E-state index in [0.717, 1.165) is 44.7 Å². The van der Waals surface area contributed by atoms with E-state index >= 15 is 0 Å². The highest BCUT2D eigenvalue weighted by Crippen LogP contribution is 2.24. The van der Waals surface area contributed by atoms with E-state index < -0.39 is 0 Å². The zero-order chi connectivity index (χ0) is 15.4. The van der Waals surface area contributed by atoms with Gasteiger partial charge in [-0.25, -0.2) is 0 Å². The van der Waals surface area contributed by atoms with Gasteiger partial charge >= 0.3 is 0 Å². The van der Waals surface area contributed by atoms with Crippen LogP contribution in [0.5, 0.6) is 0 Å². The Labute approximate surface area is 131 Å². The van der Waals surface area contributed by atoms with Crippen molar-refractivity contribution in [1.29, 1.82) is 0 Å². The van der Waals surface area contributed by atoms with Gasteiger partial charge in [-0.05, 0) is 44.8 Å². The summed E-state index contributed by atoms with van der Waals surface area (Å²) in [5.41, 5.74) is 1.14. The summed E-state index contributed by atoms with van der Waals surface area (Å²) >= 11 is 0. The fourth-order valence-corrected chi connectivity index (χ4v) is 3.43. The second kappa shape index (κ2) is 7.07. The zero-order valence-electron chi connectivity index (χ0n) is 12.8. The molecule has 2 fully saturated rings. The molecule has 0 aromatic heterocycles. The smallest absolute Gasteiger partial charge is 0.271 e. The number of piperidine rings is 2. The van der Waals surface area contributed by atoms with Crippen LogP contribution < -0.4 is 15.5 Å². The number of rotatable bonds is 4. The quantitative estimate of drug-likeness (QED) is 0.657. The maximum atomic E-state index is 10.9. The van der Waals surface area contributed by atoms with E-state index in [1.165, 1.54) is 12.8 Å². The third-order valence-electron chi connectivity index (χ3n) is 4.71. The minimum absolute atomic E-state index is 0.174. The van der Waals surface area contributed by atoms with E-state index in [1.54, 1.807) is 18.2 Å². The number of hydrogen-bond acceptors (Lipinski definition) is 5. The Balaban J connectivity index is 1.52. The Hall–Kier alpha value is -1.66. The van der Waals surface area contributed by atoms with Crippen molar-refractivity contribution in [2.24, 2.45) is 0 Å². The van der Waals surface area contributed by atoms with Gasteiger partial charge in [0.15, 0.2) is 0 Å². The van der Waals surface area contributed by atoms with Gasteiger partial charge in [0.05, 0.1) is 4.92 Å². The van der Waals surface area contributed by atoms with Gasteiger partial charge in [0, 0.05) is 43.0 Å². The Morgan fingerprint density at radius 1 is 1.14 bits per heavy atom. The molecule has 2 heterocycles. The second-order valence-electron chi connectivity index (χ2n) is 6.23. The van der Waals surface area contributed by atoms with Gasteiger partial charge in [0.1, 0.15) is 0 Å². The minimum atomic E-state index is -0.324. The molecule has 1 aromatic carbocycles. The molecule has 2 N–H and O–H groups in total. The van der Waals surface area contributed by atoms with Gasteiger partial charge in [-0.2, -0.15) is 0 Å². The number of anilines is 1. The molecule has 0 spiro atoms. The normalized spacial score (nSPS) is 21.0. The first-order valence-electron chi connectivity index (χ1n) is 8.18. The Morgan fingerprint density at radius 3 is 2.50 bits per heavy atom. The van der Waals surface area contributed by atoms with E-state index in [-0.39, 0.29) is 10.6 Å². The fraction of sp³-hybridized carbons (Fsp3) is 0.625. The van der Waals surface area contributed by atoms with Crippen LogP contribution in [0.2, 0.25) is 0 Å². The van der Waals surface area contributed by atoms with Gasteiger partial charge in [0.25, 0.3) is 5.69 Å². The molecular formula is C16H24N4O2. The average Bonchev–Trinajstić information content (AvgIpc) is 2.56. The van der Waals surface area contributed by atoms with Crippen molar-refractivity contribution in [1.82, 2.24) is 10.6 Å². The molecule has 0 bridgehead atoms. The maximum Gasteiger partial charge on any atom is 0.271 e. The van der Waals surface area contributed by atoms with Crippen LogP contribution in [0.4, 0.5) is 11.4 Å². The maximum absolute atomic E-state index is 10.9. The fourth-order valence-electron chi connectivity index (χ4n) is 3.43. The molecule has 22 heavy (non-hydrogen) atoms. The van der Waals surface area contributed by atoms with Gasteiger partial charge in [-0.15, -0.1) is 0 Å². The predicted octanol–water partition coefficient (Wildman–Crippen LogP) is 1.91. The molecule has 0 atom stereocenters. The molecule has 120 valence electrons. The minimum Gasteiger partial charge on any atom is -0.371 e. The molecule has 0 unspecified atom stereocenters. The summed E-state index contributed by atoms with van der Waals surface area (Å²) in [5.74, 6) is 0. The Bertz CT molecular complexity index is 509. The van der Waals surface area contributed by atoms with Crippen molar-refractivity contribution in [3.05, 3.63) is 34.4 Å². The summed E-state index contributed by atoms with van der Waals surface area (Å²) in [7, 11) is 0. The highest BCUT2D eigenvalue weighted by molar-refractivity contribution is 5.53. The number of nitrogens with one attached hydrogen (secondary N) is 2. The number of non-ortho nitro benzene ring substituents is 1. The molecule has 2 saturated heterocycles.